The number of aromatic amines is 1. The Kier molecular flexibility index (Phi) is 7.80. The van der Waals surface area contributed by atoms with E-state index < -0.39 is 5.60 Å². The Balaban J connectivity index is 0.00000289. The van der Waals surface area contributed by atoms with Crippen LogP contribution in [0.15, 0.2) is 48.5 Å². The predicted octanol–water partition coefficient (Wildman–Crippen LogP) is 2.67. The molecule has 8 nitrogen and oxygen atoms in total. The van der Waals surface area contributed by atoms with Gasteiger partial charge in [-0.1, -0.05) is 12.1 Å². The summed E-state index contributed by atoms with van der Waals surface area (Å²) in [4.78, 5) is 4.51. The van der Waals surface area contributed by atoms with Crippen molar-refractivity contribution in [2.75, 3.05) is 38.1 Å². The summed E-state index contributed by atoms with van der Waals surface area (Å²) >= 11 is 0. The second-order valence-corrected chi connectivity index (χ2v) is 8.26. The summed E-state index contributed by atoms with van der Waals surface area (Å²) in [6.07, 6.45) is 2.47. The van der Waals surface area contributed by atoms with Gasteiger partial charge in [0.05, 0.1) is 17.2 Å². The number of piperidine rings is 1. The first-order valence-corrected chi connectivity index (χ1v) is 10.5. The summed E-state index contributed by atoms with van der Waals surface area (Å²) in [5, 5.41) is 34.1. The molecule has 0 aliphatic carbocycles. The van der Waals surface area contributed by atoms with Gasteiger partial charge in [-0.2, -0.15) is 10.5 Å². The molecule has 1 aliphatic heterocycles. The number of halogens is 1. The standard InChI is InChI=1S/C23H27N7O.ClH/c1-29(21-8-6-20(7-9-21)22-25-27-28-26-22)17-23(31)11-14-30(15-12-23)13-10-18-2-4-19(16-24)5-3-18;/h2-9,31H,10-15,17H2,1H3,(H,25,26,27,28);1H. The lowest BCUT2D eigenvalue weighted by atomic mass is 9.90. The average Bonchev–Trinajstić information content (AvgIpc) is 3.34. The number of tetrazole rings is 1. The highest BCUT2D eigenvalue weighted by Gasteiger charge is 2.33. The summed E-state index contributed by atoms with van der Waals surface area (Å²) < 4.78 is 0. The molecule has 0 unspecified atom stereocenters. The van der Waals surface area contributed by atoms with Gasteiger partial charge in [-0.05, 0) is 66.4 Å². The molecule has 1 aliphatic rings. The number of aliphatic hydroxyl groups is 1. The third-order valence-electron chi connectivity index (χ3n) is 6.03. The van der Waals surface area contributed by atoms with Crippen molar-refractivity contribution in [3.8, 4) is 17.5 Å². The number of H-pyrrole nitrogens is 1. The van der Waals surface area contributed by atoms with Gasteiger partial charge in [0.2, 0.25) is 5.82 Å². The minimum Gasteiger partial charge on any atom is -0.388 e. The highest BCUT2D eigenvalue weighted by molar-refractivity contribution is 5.85. The van der Waals surface area contributed by atoms with Gasteiger partial charge >= 0.3 is 0 Å². The van der Waals surface area contributed by atoms with E-state index in [1.54, 1.807) is 0 Å². The first-order chi connectivity index (χ1) is 15.0. The van der Waals surface area contributed by atoms with Gasteiger partial charge < -0.3 is 14.9 Å². The average molecular weight is 454 g/mol. The van der Waals surface area contributed by atoms with Crippen molar-refractivity contribution in [2.45, 2.75) is 24.9 Å². The lowest BCUT2D eigenvalue weighted by molar-refractivity contribution is -0.0137. The van der Waals surface area contributed by atoms with Crippen molar-refractivity contribution in [1.29, 1.82) is 5.26 Å². The third kappa shape index (κ3) is 5.82. The van der Waals surface area contributed by atoms with Gasteiger partial charge in [-0.3, -0.25) is 0 Å². The molecule has 0 amide bonds. The maximum absolute atomic E-state index is 11.1. The van der Waals surface area contributed by atoms with Crippen LogP contribution in [0, 0.1) is 11.3 Å². The van der Waals surface area contributed by atoms with E-state index in [1.165, 1.54) is 5.56 Å². The second kappa shape index (κ2) is 10.6. The molecule has 3 aromatic rings. The van der Waals surface area contributed by atoms with Crippen molar-refractivity contribution in [1.82, 2.24) is 25.5 Å². The molecule has 0 atom stereocenters. The monoisotopic (exact) mass is 453 g/mol. The van der Waals surface area contributed by atoms with Crippen LogP contribution < -0.4 is 4.90 Å². The normalized spacial score (nSPS) is 15.5. The van der Waals surface area contributed by atoms with E-state index in [0.717, 1.165) is 50.1 Å². The van der Waals surface area contributed by atoms with Crippen LogP contribution in [-0.2, 0) is 6.42 Å². The number of aromatic nitrogens is 4. The topological polar surface area (TPSA) is 105 Å². The fourth-order valence-corrected chi connectivity index (χ4v) is 4.07. The number of hydrogen-bond acceptors (Lipinski definition) is 7. The van der Waals surface area contributed by atoms with E-state index in [4.69, 9.17) is 5.26 Å². The van der Waals surface area contributed by atoms with E-state index in [-0.39, 0.29) is 12.4 Å². The maximum atomic E-state index is 11.1. The molecule has 0 saturated carbocycles. The Hall–Kier alpha value is -2.99. The molecule has 1 fully saturated rings. The molecule has 0 bridgehead atoms. The van der Waals surface area contributed by atoms with Crippen LogP contribution in [0.1, 0.15) is 24.0 Å². The minimum absolute atomic E-state index is 0. The van der Waals surface area contributed by atoms with Crippen molar-refractivity contribution < 1.29 is 5.11 Å². The van der Waals surface area contributed by atoms with Gasteiger partial charge in [-0.25, -0.2) is 0 Å². The van der Waals surface area contributed by atoms with Crippen LogP contribution in [0.5, 0.6) is 0 Å². The van der Waals surface area contributed by atoms with E-state index in [1.807, 2.05) is 55.6 Å². The van der Waals surface area contributed by atoms with Crippen LogP contribution in [0.3, 0.4) is 0 Å². The van der Waals surface area contributed by atoms with Crippen molar-refractivity contribution >= 4 is 18.1 Å². The molecule has 0 radical (unpaired) electrons. The number of likely N-dealkylation sites (N-methyl/N-ethyl adjacent to an activating group) is 1. The molecule has 0 spiro atoms. The summed E-state index contributed by atoms with van der Waals surface area (Å²) in [6, 6.07) is 17.9. The smallest absolute Gasteiger partial charge is 0.204 e. The van der Waals surface area contributed by atoms with Crippen LogP contribution >= 0.6 is 12.4 Å². The largest absolute Gasteiger partial charge is 0.388 e. The molecule has 2 aromatic carbocycles. The molecule has 4 rings (SSSR count). The number of nitriles is 1. The van der Waals surface area contributed by atoms with E-state index >= 15 is 0 Å². The van der Waals surface area contributed by atoms with E-state index in [9.17, 15) is 5.11 Å². The number of hydrogen-bond donors (Lipinski definition) is 2. The number of nitrogens with zero attached hydrogens (tertiary/aromatic N) is 6. The summed E-state index contributed by atoms with van der Waals surface area (Å²) in [7, 11) is 2.01. The number of likely N-dealkylation sites (tertiary alicyclic amines) is 1. The quantitative estimate of drug-likeness (QED) is 0.566. The zero-order chi connectivity index (χ0) is 21.7. The van der Waals surface area contributed by atoms with Crippen molar-refractivity contribution in [2.24, 2.45) is 0 Å². The number of rotatable bonds is 7. The second-order valence-electron chi connectivity index (χ2n) is 8.26. The Labute approximate surface area is 194 Å². The fraction of sp³-hybridized carbons (Fsp3) is 0.391. The molecule has 32 heavy (non-hydrogen) atoms. The zero-order valence-electron chi connectivity index (χ0n) is 18.1. The van der Waals surface area contributed by atoms with Gasteiger partial charge in [0.25, 0.3) is 0 Å². The summed E-state index contributed by atoms with van der Waals surface area (Å²) in [5.41, 5.74) is 3.19. The highest BCUT2D eigenvalue weighted by atomic mass is 35.5. The van der Waals surface area contributed by atoms with E-state index in [0.29, 0.717) is 17.9 Å². The lowest BCUT2D eigenvalue weighted by Crippen LogP contribution is -2.50. The highest BCUT2D eigenvalue weighted by Crippen LogP contribution is 2.26. The first-order valence-electron chi connectivity index (χ1n) is 10.5. The lowest BCUT2D eigenvalue weighted by Gasteiger charge is -2.40. The fourth-order valence-electron chi connectivity index (χ4n) is 4.07. The molecular formula is C23H28ClN7O. The minimum atomic E-state index is -0.688. The van der Waals surface area contributed by atoms with Crippen LogP contribution in [0.2, 0.25) is 0 Å². The van der Waals surface area contributed by atoms with Crippen molar-refractivity contribution in [3.05, 3.63) is 59.7 Å². The molecule has 1 saturated heterocycles. The third-order valence-corrected chi connectivity index (χ3v) is 6.03. The van der Waals surface area contributed by atoms with Gasteiger partial charge in [0.1, 0.15) is 0 Å². The number of benzene rings is 2. The predicted molar refractivity (Wildman–Crippen MR) is 126 cm³/mol. The summed E-state index contributed by atoms with van der Waals surface area (Å²) in [5.74, 6) is 0.571. The van der Waals surface area contributed by atoms with Crippen molar-refractivity contribution in [3.63, 3.8) is 0 Å². The maximum Gasteiger partial charge on any atom is 0.204 e. The molecule has 2 N–H and O–H groups in total. The Morgan fingerprint density at radius 3 is 2.41 bits per heavy atom. The van der Waals surface area contributed by atoms with Gasteiger partial charge in [0.15, 0.2) is 0 Å². The van der Waals surface area contributed by atoms with E-state index in [2.05, 4.69) is 36.5 Å². The molecular weight excluding hydrogens is 426 g/mol. The van der Waals surface area contributed by atoms with Crippen LogP contribution in [0.4, 0.5) is 5.69 Å². The number of anilines is 1. The molecule has 9 heteroatoms. The molecule has 2 heterocycles. The molecule has 1 aromatic heterocycles. The summed E-state index contributed by atoms with van der Waals surface area (Å²) in [6.45, 7) is 3.34. The van der Waals surface area contributed by atoms with Gasteiger partial charge in [-0.15, -0.1) is 22.6 Å². The Morgan fingerprint density at radius 1 is 1.12 bits per heavy atom. The SMILES string of the molecule is CN(CC1(O)CCN(CCc2ccc(C#N)cc2)CC1)c1ccc(-c2nn[nH]n2)cc1.Cl. The van der Waals surface area contributed by atoms with Crippen LogP contribution in [-0.4, -0.2) is 69.5 Å². The Bertz CT molecular complexity index is 1010. The zero-order valence-corrected chi connectivity index (χ0v) is 18.9. The molecule has 168 valence electrons. The van der Waals surface area contributed by atoms with Crippen LogP contribution in [0.25, 0.3) is 11.4 Å². The first kappa shape index (κ1) is 23.7. The number of nitrogens with one attached hydrogen (secondary N) is 1. The Morgan fingerprint density at radius 2 is 1.81 bits per heavy atom. The van der Waals surface area contributed by atoms with Gasteiger partial charge in [0, 0.05) is 44.5 Å².